The third kappa shape index (κ3) is 2.48. The first kappa shape index (κ1) is 10.4. The average Bonchev–Trinajstić information content (AvgIpc) is 2.79. The third-order valence-corrected chi connectivity index (χ3v) is 2.32. The van der Waals surface area contributed by atoms with Crippen molar-refractivity contribution in [2.24, 2.45) is 0 Å². The van der Waals surface area contributed by atoms with Crippen LogP contribution in [0, 0.1) is 0 Å². The van der Waals surface area contributed by atoms with Crippen molar-refractivity contribution in [3.8, 4) is 11.3 Å². The van der Waals surface area contributed by atoms with Crippen LogP contribution in [-0.2, 0) is 11.2 Å². The van der Waals surface area contributed by atoms with E-state index in [4.69, 9.17) is 0 Å². The predicted molar refractivity (Wildman–Crippen MR) is 61.8 cm³/mol. The van der Waals surface area contributed by atoms with Crippen LogP contribution in [0.3, 0.4) is 0 Å². The minimum absolute atomic E-state index is 0.625. The van der Waals surface area contributed by atoms with Crippen molar-refractivity contribution >= 4 is 6.41 Å². The highest BCUT2D eigenvalue weighted by atomic mass is 16.1. The van der Waals surface area contributed by atoms with E-state index in [1.807, 2.05) is 36.4 Å². The van der Waals surface area contributed by atoms with E-state index in [-0.39, 0.29) is 0 Å². The summed E-state index contributed by atoms with van der Waals surface area (Å²) < 4.78 is 0. The number of carbonyl (C=O) groups is 1. The van der Waals surface area contributed by atoms with Gasteiger partial charge in [0, 0.05) is 24.2 Å². The number of H-pyrrole nitrogens is 1. The molecule has 82 valence electrons. The smallest absolute Gasteiger partial charge is 0.207 e. The lowest BCUT2D eigenvalue weighted by molar-refractivity contribution is -0.109. The first-order chi connectivity index (χ1) is 7.90. The molecule has 0 atom stereocenters. The Bertz CT molecular complexity index is 450. The number of aromatic nitrogens is 2. The van der Waals surface area contributed by atoms with Crippen LogP contribution in [0.4, 0.5) is 0 Å². The highest BCUT2D eigenvalue weighted by molar-refractivity contribution is 5.58. The van der Waals surface area contributed by atoms with Crippen molar-refractivity contribution in [1.29, 1.82) is 0 Å². The number of hydrogen-bond donors (Lipinski definition) is 2. The Morgan fingerprint density at radius 3 is 2.88 bits per heavy atom. The fourth-order valence-corrected chi connectivity index (χ4v) is 1.51. The van der Waals surface area contributed by atoms with Crippen LogP contribution in [0.5, 0.6) is 0 Å². The molecule has 1 aromatic heterocycles. The molecule has 4 heteroatoms. The fraction of sp³-hybridized carbons (Fsp3) is 0.167. The van der Waals surface area contributed by atoms with Gasteiger partial charge < -0.3 is 5.32 Å². The molecular weight excluding hydrogens is 202 g/mol. The van der Waals surface area contributed by atoms with E-state index < -0.39 is 0 Å². The van der Waals surface area contributed by atoms with Crippen LogP contribution in [0.25, 0.3) is 11.3 Å². The number of carbonyl (C=O) groups excluding carboxylic acids is 1. The fourth-order valence-electron chi connectivity index (χ4n) is 1.51. The first-order valence-electron chi connectivity index (χ1n) is 5.17. The molecule has 2 aromatic rings. The van der Waals surface area contributed by atoms with Crippen molar-refractivity contribution < 1.29 is 4.79 Å². The van der Waals surface area contributed by atoms with Gasteiger partial charge in [0.1, 0.15) is 0 Å². The lowest BCUT2D eigenvalue weighted by atomic mass is 10.1. The molecule has 2 N–H and O–H groups in total. The van der Waals surface area contributed by atoms with E-state index >= 15 is 0 Å². The molecule has 0 fully saturated rings. The minimum atomic E-state index is 0.625. The molecule has 1 aromatic carbocycles. The number of nitrogens with zero attached hydrogens (tertiary/aromatic N) is 1. The summed E-state index contributed by atoms with van der Waals surface area (Å²) in [5.41, 5.74) is 3.04. The number of rotatable bonds is 5. The number of hydrogen-bond acceptors (Lipinski definition) is 2. The molecule has 0 spiro atoms. The van der Waals surface area contributed by atoms with Gasteiger partial charge in [-0.15, -0.1) is 0 Å². The van der Waals surface area contributed by atoms with Crippen molar-refractivity contribution in [2.45, 2.75) is 6.42 Å². The van der Waals surface area contributed by atoms with Crippen molar-refractivity contribution in [3.63, 3.8) is 0 Å². The molecule has 0 aliphatic carbocycles. The standard InChI is InChI=1S/C12H13N3O/c16-9-13-7-6-11-8-12(15-14-11)10-4-2-1-3-5-10/h1-5,8-9H,6-7H2,(H,13,16)(H,14,15). The van der Waals surface area contributed by atoms with Gasteiger partial charge in [0.05, 0.1) is 5.69 Å². The molecule has 0 saturated heterocycles. The van der Waals surface area contributed by atoms with Crippen LogP contribution in [-0.4, -0.2) is 23.2 Å². The molecule has 0 aliphatic heterocycles. The summed E-state index contributed by atoms with van der Waals surface area (Å²) in [6.07, 6.45) is 1.47. The van der Waals surface area contributed by atoms with Crippen LogP contribution in [0.1, 0.15) is 5.69 Å². The van der Waals surface area contributed by atoms with Gasteiger partial charge in [-0.1, -0.05) is 30.3 Å². The quantitative estimate of drug-likeness (QED) is 0.584. The van der Waals surface area contributed by atoms with Crippen molar-refractivity contribution in [2.75, 3.05) is 6.54 Å². The van der Waals surface area contributed by atoms with Gasteiger partial charge >= 0.3 is 0 Å². The molecule has 0 aliphatic rings. The van der Waals surface area contributed by atoms with Crippen molar-refractivity contribution in [3.05, 3.63) is 42.1 Å². The summed E-state index contributed by atoms with van der Waals surface area (Å²) in [5.74, 6) is 0. The highest BCUT2D eigenvalue weighted by Gasteiger charge is 2.02. The third-order valence-electron chi connectivity index (χ3n) is 2.32. The SMILES string of the molecule is O=CNCCc1cc(-c2ccccc2)n[nH]1. The average molecular weight is 215 g/mol. The Balaban J connectivity index is 2.05. The maximum absolute atomic E-state index is 10.1. The van der Waals surface area contributed by atoms with Crippen molar-refractivity contribution in [1.82, 2.24) is 15.5 Å². The lowest BCUT2D eigenvalue weighted by Gasteiger charge is -1.94. The molecule has 1 amide bonds. The maximum Gasteiger partial charge on any atom is 0.207 e. The Morgan fingerprint density at radius 1 is 1.31 bits per heavy atom. The Hall–Kier alpha value is -2.10. The molecule has 0 bridgehead atoms. The molecule has 4 nitrogen and oxygen atoms in total. The Labute approximate surface area is 93.7 Å². The number of amides is 1. The maximum atomic E-state index is 10.1. The molecule has 0 saturated carbocycles. The number of aromatic amines is 1. The molecule has 16 heavy (non-hydrogen) atoms. The van der Waals surface area contributed by atoms with E-state index in [0.717, 1.165) is 23.4 Å². The van der Waals surface area contributed by atoms with E-state index in [9.17, 15) is 4.79 Å². The lowest BCUT2D eigenvalue weighted by Crippen LogP contribution is -2.14. The molecule has 2 rings (SSSR count). The summed E-state index contributed by atoms with van der Waals surface area (Å²) in [6.45, 7) is 0.625. The van der Waals surface area contributed by atoms with Crippen LogP contribution in [0.15, 0.2) is 36.4 Å². The summed E-state index contributed by atoms with van der Waals surface area (Å²) in [5, 5.41) is 9.80. The summed E-state index contributed by atoms with van der Waals surface area (Å²) in [4.78, 5) is 10.1. The van der Waals surface area contributed by atoms with Gasteiger partial charge in [0.15, 0.2) is 0 Å². The predicted octanol–water partition coefficient (Wildman–Crippen LogP) is 1.37. The van der Waals surface area contributed by atoms with Crippen LogP contribution < -0.4 is 5.32 Å². The van der Waals surface area contributed by atoms with Gasteiger partial charge in [-0.2, -0.15) is 5.10 Å². The van der Waals surface area contributed by atoms with Gasteiger partial charge in [-0.3, -0.25) is 9.89 Å². The molecule has 0 radical (unpaired) electrons. The second-order valence-corrected chi connectivity index (χ2v) is 3.47. The summed E-state index contributed by atoms with van der Waals surface area (Å²) in [6, 6.07) is 12.0. The Kier molecular flexibility index (Phi) is 3.33. The summed E-state index contributed by atoms with van der Waals surface area (Å²) in [7, 11) is 0. The second-order valence-electron chi connectivity index (χ2n) is 3.47. The highest BCUT2D eigenvalue weighted by Crippen LogP contribution is 2.16. The van der Waals surface area contributed by atoms with E-state index in [1.54, 1.807) is 0 Å². The van der Waals surface area contributed by atoms with Gasteiger partial charge in [0.2, 0.25) is 6.41 Å². The van der Waals surface area contributed by atoms with Crippen LogP contribution in [0.2, 0.25) is 0 Å². The van der Waals surface area contributed by atoms with E-state index in [2.05, 4.69) is 15.5 Å². The monoisotopic (exact) mass is 215 g/mol. The molecule has 1 heterocycles. The molecule has 0 unspecified atom stereocenters. The largest absolute Gasteiger partial charge is 0.358 e. The zero-order valence-electron chi connectivity index (χ0n) is 8.81. The number of benzene rings is 1. The van der Waals surface area contributed by atoms with E-state index in [0.29, 0.717) is 13.0 Å². The van der Waals surface area contributed by atoms with Crippen LogP contribution >= 0.6 is 0 Å². The normalized spacial score (nSPS) is 10.0. The topological polar surface area (TPSA) is 57.8 Å². The minimum Gasteiger partial charge on any atom is -0.358 e. The summed E-state index contributed by atoms with van der Waals surface area (Å²) >= 11 is 0. The van der Waals surface area contributed by atoms with Gasteiger partial charge in [0.25, 0.3) is 0 Å². The van der Waals surface area contributed by atoms with E-state index in [1.165, 1.54) is 0 Å². The first-order valence-corrected chi connectivity index (χ1v) is 5.17. The second kappa shape index (κ2) is 5.11. The Morgan fingerprint density at radius 2 is 2.12 bits per heavy atom. The van der Waals surface area contributed by atoms with Gasteiger partial charge in [-0.25, -0.2) is 0 Å². The molecular formula is C12H13N3O. The zero-order chi connectivity index (χ0) is 11.2. The zero-order valence-corrected chi connectivity index (χ0v) is 8.81. The van der Waals surface area contributed by atoms with Gasteiger partial charge in [-0.05, 0) is 6.07 Å². The number of nitrogens with one attached hydrogen (secondary N) is 2.